The van der Waals surface area contributed by atoms with E-state index in [4.69, 9.17) is 10.00 Å². The molecule has 1 saturated heterocycles. The Labute approximate surface area is 200 Å². The van der Waals surface area contributed by atoms with E-state index in [1.54, 1.807) is 35.7 Å². The van der Waals surface area contributed by atoms with Gasteiger partial charge in [0.05, 0.1) is 12.0 Å². The van der Waals surface area contributed by atoms with Crippen LogP contribution in [0.3, 0.4) is 0 Å². The molecule has 1 fully saturated rings. The van der Waals surface area contributed by atoms with Crippen LogP contribution in [0.4, 0.5) is 0 Å². The van der Waals surface area contributed by atoms with Crippen molar-refractivity contribution in [1.82, 2.24) is 9.21 Å². The predicted octanol–water partition coefficient (Wildman–Crippen LogP) is 2.66. The van der Waals surface area contributed by atoms with Crippen LogP contribution in [0.25, 0.3) is 10.8 Å². The summed E-state index contributed by atoms with van der Waals surface area (Å²) >= 11 is 1.26. The molecule has 9 nitrogen and oxygen atoms in total. The number of nitriles is 1. The largest absolute Gasteiger partial charge is 0.497 e. The first-order chi connectivity index (χ1) is 16.2. The average Bonchev–Trinajstić information content (AvgIpc) is 3.43. The van der Waals surface area contributed by atoms with Gasteiger partial charge in [-0.25, -0.2) is 8.42 Å². The Bertz CT molecular complexity index is 1410. The molecule has 4 rings (SSSR count). The van der Waals surface area contributed by atoms with Crippen molar-refractivity contribution in [2.75, 3.05) is 20.2 Å². The van der Waals surface area contributed by atoms with Gasteiger partial charge in [-0.05, 0) is 58.5 Å². The number of carboxylic acids is 1. The molecule has 0 aliphatic carbocycles. The zero-order valence-electron chi connectivity index (χ0n) is 18.2. The van der Waals surface area contributed by atoms with Gasteiger partial charge in [0.2, 0.25) is 15.9 Å². The number of hydrogen-bond donors (Lipinski definition) is 1. The lowest BCUT2D eigenvalue weighted by Crippen LogP contribution is -2.47. The van der Waals surface area contributed by atoms with Crippen LogP contribution < -0.4 is 4.74 Å². The molecule has 1 N–H and O–H groups in total. The van der Waals surface area contributed by atoms with E-state index in [9.17, 15) is 23.1 Å². The second-order valence-electron chi connectivity index (χ2n) is 7.81. The summed E-state index contributed by atoms with van der Waals surface area (Å²) < 4.78 is 33.0. The number of sulfonamides is 1. The molecular weight excluding hydrogens is 478 g/mol. The summed E-state index contributed by atoms with van der Waals surface area (Å²) in [4.78, 5) is 26.6. The highest BCUT2D eigenvalue weighted by atomic mass is 32.2. The lowest BCUT2D eigenvalue weighted by molar-refractivity contribution is -0.138. The summed E-state index contributed by atoms with van der Waals surface area (Å²) in [6.07, 6.45) is 0.169. The zero-order valence-corrected chi connectivity index (χ0v) is 19.8. The molecule has 11 heteroatoms. The van der Waals surface area contributed by atoms with Crippen molar-refractivity contribution in [1.29, 1.82) is 5.26 Å². The number of carbonyl (C=O) groups is 2. The molecule has 3 aromatic rings. The molecule has 1 aliphatic heterocycles. The first-order valence-electron chi connectivity index (χ1n) is 10.3. The maximum absolute atomic E-state index is 13.5. The summed E-state index contributed by atoms with van der Waals surface area (Å²) in [5.74, 6) is -1.26. The highest BCUT2D eigenvalue weighted by Gasteiger charge is 2.43. The second kappa shape index (κ2) is 9.42. The molecule has 2 heterocycles. The molecule has 1 aliphatic rings. The topological polar surface area (TPSA) is 128 Å². The van der Waals surface area contributed by atoms with Crippen LogP contribution in [0.1, 0.15) is 16.9 Å². The molecule has 0 bridgehead atoms. The van der Waals surface area contributed by atoms with Crippen LogP contribution in [0.15, 0.2) is 52.7 Å². The number of nitrogens with zero attached hydrogens (tertiary/aromatic N) is 3. The van der Waals surface area contributed by atoms with Crippen molar-refractivity contribution in [3.63, 3.8) is 0 Å². The molecular formula is C23H21N3O6S2. The van der Waals surface area contributed by atoms with Gasteiger partial charge in [0, 0.05) is 13.1 Å². The molecule has 0 spiro atoms. The Morgan fingerprint density at radius 3 is 2.71 bits per heavy atom. The Kier molecular flexibility index (Phi) is 6.56. The molecule has 1 aromatic heterocycles. The Morgan fingerprint density at radius 1 is 1.26 bits per heavy atom. The quantitative estimate of drug-likeness (QED) is 0.505. The highest BCUT2D eigenvalue weighted by molar-refractivity contribution is 7.89. The maximum atomic E-state index is 13.5. The summed E-state index contributed by atoms with van der Waals surface area (Å²) in [6.45, 7) is -0.328. The summed E-state index contributed by atoms with van der Waals surface area (Å²) in [5, 5.41) is 21.6. The van der Waals surface area contributed by atoms with E-state index in [0.717, 1.165) is 15.3 Å². The van der Waals surface area contributed by atoms with E-state index in [-0.39, 0.29) is 24.4 Å². The first kappa shape index (κ1) is 23.7. The fourth-order valence-electron chi connectivity index (χ4n) is 4.01. The maximum Gasteiger partial charge on any atom is 0.318 e. The molecule has 34 heavy (non-hydrogen) atoms. The van der Waals surface area contributed by atoms with Gasteiger partial charge in [0.1, 0.15) is 29.3 Å². The fraction of sp³-hybridized carbons (Fsp3) is 0.261. The number of rotatable bonds is 8. The van der Waals surface area contributed by atoms with E-state index in [2.05, 4.69) is 0 Å². The minimum atomic E-state index is -4.30. The Morgan fingerprint density at radius 2 is 2.03 bits per heavy atom. The Balaban J connectivity index is 1.64. The minimum absolute atomic E-state index is 0.0998. The van der Waals surface area contributed by atoms with Gasteiger partial charge in [-0.15, -0.1) is 11.3 Å². The number of amides is 1. The van der Waals surface area contributed by atoms with Crippen LogP contribution >= 0.6 is 11.3 Å². The average molecular weight is 500 g/mol. The third-order valence-corrected chi connectivity index (χ3v) is 8.41. The van der Waals surface area contributed by atoms with Gasteiger partial charge in [0.25, 0.3) is 0 Å². The first-order valence-corrected chi connectivity index (χ1v) is 12.6. The Hall–Kier alpha value is -3.46. The standard InChI is InChI=1S/C23H21N3O6S2/c1-32-18-4-2-16-3-5-20(10-17(16)9-18)34(30,31)26(13-22(27)28)21-6-7-25(23(21)29)12-15-8-19(11-24)33-14-15/h2-5,8-10,14,21H,6-7,12-13H2,1H3,(H,27,28)/t21-/m0/s1. The summed E-state index contributed by atoms with van der Waals surface area (Å²) in [5.41, 5.74) is 0.770. The molecule has 176 valence electrons. The van der Waals surface area contributed by atoms with Crippen molar-refractivity contribution in [2.24, 2.45) is 0 Å². The van der Waals surface area contributed by atoms with Crippen molar-refractivity contribution >= 4 is 44.0 Å². The van der Waals surface area contributed by atoms with E-state index < -0.39 is 34.5 Å². The molecule has 1 atom stereocenters. The number of likely N-dealkylation sites (tertiary alicyclic amines) is 1. The van der Waals surface area contributed by atoms with Crippen molar-refractivity contribution < 1.29 is 27.9 Å². The third-order valence-electron chi connectivity index (χ3n) is 5.67. The third kappa shape index (κ3) is 4.61. The smallest absolute Gasteiger partial charge is 0.318 e. The zero-order chi connectivity index (χ0) is 24.5. The van der Waals surface area contributed by atoms with Crippen LogP contribution in [0, 0.1) is 11.3 Å². The van der Waals surface area contributed by atoms with Gasteiger partial charge in [-0.3, -0.25) is 9.59 Å². The summed E-state index contributed by atoms with van der Waals surface area (Å²) in [7, 11) is -2.79. The van der Waals surface area contributed by atoms with Crippen LogP contribution in [-0.4, -0.2) is 60.8 Å². The number of carbonyl (C=O) groups excluding carboxylic acids is 1. The number of benzene rings is 2. The van der Waals surface area contributed by atoms with Gasteiger partial charge in [-0.2, -0.15) is 9.57 Å². The van der Waals surface area contributed by atoms with Gasteiger partial charge < -0.3 is 14.7 Å². The minimum Gasteiger partial charge on any atom is -0.497 e. The van der Waals surface area contributed by atoms with E-state index >= 15 is 0 Å². The lowest BCUT2D eigenvalue weighted by Gasteiger charge is -2.26. The number of hydrogen-bond acceptors (Lipinski definition) is 7. The SMILES string of the molecule is COc1ccc2ccc(S(=O)(=O)N(CC(=O)O)[C@H]3CCN(Cc4csc(C#N)c4)C3=O)cc2c1. The lowest BCUT2D eigenvalue weighted by atomic mass is 10.1. The normalized spacial score (nSPS) is 16.2. The molecule has 1 amide bonds. The van der Waals surface area contributed by atoms with Gasteiger partial charge >= 0.3 is 5.97 Å². The summed E-state index contributed by atoms with van der Waals surface area (Å²) in [6, 6.07) is 12.3. The molecule has 0 radical (unpaired) electrons. The van der Waals surface area contributed by atoms with Crippen LogP contribution in [-0.2, 0) is 26.2 Å². The number of carboxylic acid groups (broad SMARTS) is 1. The predicted molar refractivity (Wildman–Crippen MR) is 125 cm³/mol. The van der Waals surface area contributed by atoms with E-state index in [0.29, 0.717) is 16.0 Å². The monoisotopic (exact) mass is 499 g/mol. The molecule has 0 saturated carbocycles. The second-order valence-corrected chi connectivity index (χ2v) is 10.6. The van der Waals surface area contributed by atoms with Crippen LogP contribution in [0.5, 0.6) is 5.75 Å². The van der Waals surface area contributed by atoms with E-state index in [1.807, 2.05) is 6.07 Å². The van der Waals surface area contributed by atoms with E-state index in [1.165, 1.54) is 35.5 Å². The highest BCUT2D eigenvalue weighted by Crippen LogP contribution is 2.29. The number of thiophene rings is 1. The molecule has 0 unspecified atom stereocenters. The number of aliphatic carboxylic acids is 1. The van der Waals surface area contributed by atoms with Gasteiger partial charge in [-0.1, -0.05) is 12.1 Å². The number of fused-ring (bicyclic) bond motifs is 1. The van der Waals surface area contributed by atoms with Crippen molar-refractivity contribution in [3.05, 3.63) is 58.3 Å². The van der Waals surface area contributed by atoms with Crippen LogP contribution in [0.2, 0.25) is 0 Å². The van der Waals surface area contributed by atoms with Crippen molar-refractivity contribution in [3.8, 4) is 11.8 Å². The number of ether oxygens (including phenoxy) is 1. The number of methoxy groups -OCH3 is 1. The molecule has 2 aromatic carbocycles. The van der Waals surface area contributed by atoms with Gasteiger partial charge in [0.15, 0.2) is 0 Å². The van der Waals surface area contributed by atoms with Crippen molar-refractivity contribution in [2.45, 2.75) is 23.9 Å². The fourth-order valence-corrected chi connectivity index (χ4v) is 6.30.